The number of carbonyl (C=O) groups is 3. The quantitative estimate of drug-likeness (QED) is 0.327. The molecule has 0 fully saturated rings. The molecule has 0 bridgehead atoms. The molecule has 2 rings (SSSR count). The second-order valence-corrected chi connectivity index (χ2v) is 8.65. The molecule has 2 aromatic rings. The summed E-state index contributed by atoms with van der Waals surface area (Å²) >= 11 is 6.02. The van der Waals surface area contributed by atoms with Crippen LogP contribution >= 0.6 is 11.6 Å². The number of pyridine rings is 1. The van der Waals surface area contributed by atoms with E-state index in [2.05, 4.69) is 10.3 Å². The number of rotatable bonds is 12. The first kappa shape index (κ1) is 28.7. The maximum absolute atomic E-state index is 12.9. The molecule has 196 valence electrons. The highest BCUT2D eigenvalue weighted by atomic mass is 35.5. The Morgan fingerprint density at radius 3 is 2.44 bits per heavy atom. The average Bonchev–Trinajstić information content (AvgIpc) is 2.81. The Balaban J connectivity index is 2.09. The summed E-state index contributed by atoms with van der Waals surface area (Å²) in [6, 6.07) is 7.37. The Bertz CT molecular complexity index is 1060. The smallest absolute Gasteiger partial charge is 0.328 e. The van der Waals surface area contributed by atoms with Crippen molar-refractivity contribution < 1.29 is 38.1 Å². The number of hydrogen-bond acceptors (Lipinski definition) is 9. The van der Waals surface area contributed by atoms with Gasteiger partial charge in [-0.1, -0.05) is 31.5 Å². The van der Waals surface area contributed by atoms with Crippen molar-refractivity contribution in [1.29, 1.82) is 0 Å². The van der Waals surface area contributed by atoms with Gasteiger partial charge < -0.3 is 29.0 Å². The van der Waals surface area contributed by atoms with E-state index in [9.17, 15) is 14.4 Å². The Morgan fingerprint density at radius 1 is 1.11 bits per heavy atom. The molecule has 1 N–H and O–H groups in total. The summed E-state index contributed by atoms with van der Waals surface area (Å²) in [5.41, 5.74) is -0.154. The molecule has 0 radical (unpaired) electrons. The number of methoxy groups -OCH3 is 1. The van der Waals surface area contributed by atoms with Crippen LogP contribution in [0.3, 0.4) is 0 Å². The van der Waals surface area contributed by atoms with Gasteiger partial charge in [-0.05, 0) is 38.0 Å². The summed E-state index contributed by atoms with van der Waals surface area (Å²) in [7, 11) is 1.38. The minimum atomic E-state index is -1.02. The first-order chi connectivity index (χ1) is 17.0. The molecular weight excluding hydrogens is 492 g/mol. The van der Waals surface area contributed by atoms with Gasteiger partial charge in [-0.15, -0.1) is 0 Å². The average molecular weight is 523 g/mol. The van der Waals surface area contributed by atoms with Gasteiger partial charge >= 0.3 is 11.9 Å². The third-order valence-electron chi connectivity index (χ3n) is 4.96. The van der Waals surface area contributed by atoms with Crippen molar-refractivity contribution in [1.82, 2.24) is 10.3 Å². The first-order valence-corrected chi connectivity index (χ1v) is 11.6. The molecule has 3 atom stereocenters. The minimum absolute atomic E-state index is 0.0390. The molecule has 36 heavy (non-hydrogen) atoms. The van der Waals surface area contributed by atoms with Gasteiger partial charge in [0.1, 0.15) is 24.0 Å². The van der Waals surface area contributed by atoms with Crippen molar-refractivity contribution in [2.75, 3.05) is 13.9 Å². The summed E-state index contributed by atoms with van der Waals surface area (Å²) in [4.78, 5) is 40.8. The SMILES string of the molecule is COc1ccnc(C(=O)N[C@@H](C)C(=O)OC(C(C)C)[C@H](C)Oc2cccc(Cl)c2)c1OCOC(C)=O. The van der Waals surface area contributed by atoms with E-state index in [0.29, 0.717) is 10.8 Å². The summed E-state index contributed by atoms with van der Waals surface area (Å²) in [6.07, 6.45) is 0.254. The Kier molecular flexibility index (Phi) is 10.8. The van der Waals surface area contributed by atoms with Crippen LogP contribution in [0.5, 0.6) is 17.2 Å². The fourth-order valence-corrected chi connectivity index (χ4v) is 3.40. The maximum atomic E-state index is 12.9. The van der Waals surface area contributed by atoms with Crippen LogP contribution in [0.15, 0.2) is 36.5 Å². The molecule has 1 unspecified atom stereocenters. The van der Waals surface area contributed by atoms with Gasteiger partial charge in [-0.3, -0.25) is 9.59 Å². The fourth-order valence-electron chi connectivity index (χ4n) is 3.22. The molecule has 0 saturated carbocycles. The van der Waals surface area contributed by atoms with Gasteiger partial charge in [0.25, 0.3) is 5.91 Å². The van der Waals surface area contributed by atoms with Gasteiger partial charge in [-0.2, -0.15) is 0 Å². The summed E-state index contributed by atoms with van der Waals surface area (Å²) < 4.78 is 27.0. The minimum Gasteiger partial charge on any atom is -0.493 e. The van der Waals surface area contributed by atoms with E-state index in [-0.39, 0.29) is 23.1 Å². The van der Waals surface area contributed by atoms with Gasteiger partial charge in [0.15, 0.2) is 17.2 Å². The fraction of sp³-hybridized carbons (Fsp3) is 0.440. The normalized spacial score (nSPS) is 13.2. The van der Waals surface area contributed by atoms with Crippen molar-refractivity contribution in [3.05, 3.63) is 47.2 Å². The number of amides is 1. The monoisotopic (exact) mass is 522 g/mol. The van der Waals surface area contributed by atoms with E-state index >= 15 is 0 Å². The standard InChI is InChI=1S/C25H31ClN2O8/c1-14(2)22(16(4)35-19-9-7-8-18(26)12-19)36-25(31)15(3)28-24(30)21-23(34-13-33-17(5)29)20(32-6)10-11-27-21/h7-12,14-16,22H,13H2,1-6H3,(H,28,30)/t15-,16-,22?/m0/s1. The molecule has 0 saturated heterocycles. The van der Waals surface area contributed by atoms with E-state index in [1.54, 1.807) is 31.2 Å². The number of halogens is 1. The molecule has 1 heterocycles. The third kappa shape index (κ3) is 8.30. The van der Waals surface area contributed by atoms with Crippen molar-refractivity contribution in [3.8, 4) is 17.2 Å². The van der Waals surface area contributed by atoms with Crippen LogP contribution in [0.25, 0.3) is 0 Å². The van der Waals surface area contributed by atoms with Crippen LogP contribution < -0.4 is 19.5 Å². The molecule has 0 aliphatic carbocycles. The zero-order valence-corrected chi connectivity index (χ0v) is 21.8. The lowest BCUT2D eigenvalue weighted by atomic mass is 10.0. The van der Waals surface area contributed by atoms with Gasteiger partial charge in [0.05, 0.1) is 7.11 Å². The first-order valence-electron chi connectivity index (χ1n) is 11.3. The van der Waals surface area contributed by atoms with E-state index in [0.717, 1.165) is 0 Å². The summed E-state index contributed by atoms with van der Waals surface area (Å²) in [6.45, 7) is 7.83. The van der Waals surface area contributed by atoms with Crippen molar-refractivity contribution >= 4 is 29.4 Å². The van der Waals surface area contributed by atoms with Gasteiger partial charge in [0, 0.05) is 24.2 Å². The Hall–Kier alpha value is -3.53. The highest BCUT2D eigenvalue weighted by Gasteiger charge is 2.30. The molecule has 0 aliphatic rings. The van der Waals surface area contributed by atoms with E-state index in [1.807, 2.05) is 13.8 Å². The van der Waals surface area contributed by atoms with Crippen molar-refractivity contribution in [3.63, 3.8) is 0 Å². The van der Waals surface area contributed by atoms with E-state index in [1.165, 1.54) is 33.2 Å². The zero-order chi connectivity index (χ0) is 26.8. The lowest BCUT2D eigenvalue weighted by Crippen LogP contribution is -2.45. The number of aromatic nitrogens is 1. The van der Waals surface area contributed by atoms with Crippen LogP contribution in [0.4, 0.5) is 0 Å². The molecule has 1 aromatic carbocycles. The van der Waals surface area contributed by atoms with Crippen LogP contribution in [-0.2, 0) is 19.1 Å². The molecule has 0 spiro atoms. The van der Waals surface area contributed by atoms with Gasteiger partial charge in [-0.25, -0.2) is 9.78 Å². The predicted molar refractivity (Wildman–Crippen MR) is 131 cm³/mol. The second kappa shape index (κ2) is 13.5. The maximum Gasteiger partial charge on any atom is 0.328 e. The van der Waals surface area contributed by atoms with E-state index < -0.39 is 42.9 Å². The summed E-state index contributed by atoms with van der Waals surface area (Å²) in [5, 5.41) is 3.07. The van der Waals surface area contributed by atoms with E-state index in [4.69, 9.17) is 35.3 Å². The molecule has 11 heteroatoms. The second-order valence-electron chi connectivity index (χ2n) is 8.21. The van der Waals surface area contributed by atoms with Crippen LogP contribution in [-0.4, -0.2) is 55.0 Å². The summed E-state index contributed by atoms with van der Waals surface area (Å²) in [5.74, 6) is -1.30. The zero-order valence-electron chi connectivity index (χ0n) is 21.1. The van der Waals surface area contributed by atoms with Crippen molar-refractivity contribution in [2.24, 2.45) is 5.92 Å². The van der Waals surface area contributed by atoms with Crippen LogP contribution in [0, 0.1) is 5.92 Å². The largest absolute Gasteiger partial charge is 0.493 e. The number of nitrogens with zero attached hydrogens (tertiary/aromatic N) is 1. The number of benzene rings is 1. The number of nitrogens with one attached hydrogen (secondary N) is 1. The number of ether oxygens (including phenoxy) is 5. The van der Waals surface area contributed by atoms with Gasteiger partial charge in [0.2, 0.25) is 6.79 Å². The Morgan fingerprint density at radius 2 is 1.83 bits per heavy atom. The molecular formula is C25H31ClN2O8. The lowest BCUT2D eigenvalue weighted by molar-refractivity contribution is -0.158. The lowest BCUT2D eigenvalue weighted by Gasteiger charge is -2.29. The molecule has 0 aliphatic heterocycles. The van der Waals surface area contributed by atoms with Crippen molar-refractivity contribution in [2.45, 2.75) is 52.9 Å². The third-order valence-corrected chi connectivity index (χ3v) is 5.20. The number of carbonyl (C=O) groups excluding carboxylic acids is 3. The Labute approximate surface area is 215 Å². The predicted octanol–water partition coefficient (Wildman–Crippen LogP) is 3.80. The highest BCUT2D eigenvalue weighted by Crippen LogP contribution is 2.29. The number of hydrogen-bond donors (Lipinski definition) is 1. The molecule has 1 aromatic heterocycles. The van der Waals surface area contributed by atoms with Crippen LogP contribution in [0.2, 0.25) is 5.02 Å². The van der Waals surface area contributed by atoms with Crippen LogP contribution in [0.1, 0.15) is 45.1 Å². The topological polar surface area (TPSA) is 122 Å². The number of esters is 2. The highest BCUT2D eigenvalue weighted by molar-refractivity contribution is 6.30. The molecule has 10 nitrogen and oxygen atoms in total. The molecule has 1 amide bonds.